The maximum Gasteiger partial charge on any atom is 0.338 e. The Bertz CT molecular complexity index is 946. The van der Waals surface area contributed by atoms with E-state index in [-0.39, 0.29) is 34.5 Å². The van der Waals surface area contributed by atoms with Crippen LogP contribution in [0, 0.1) is 0 Å². The molecule has 0 atom stereocenters. The fourth-order valence-corrected chi connectivity index (χ4v) is 3.07. The summed E-state index contributed by atoms with van der Waals surface area (Å²) in [5.74, 6) is -1.07. The molecule has 0 saturated heterocycles. The van der Waals surface area contributed by atoms with Crippen molar-refractivity contribution < 1.29 is 28.6 Å². The SMILES string of the molecule is COc1cc(C(=O)OCC(=O)N2CC(=O)Nc3ccccc32)cc(Cl)c1OC. The Morgan fingerprint density at radius 1 is 1.18 bits per heavy atom. The van der Waals surface area contributed by atoms with Crippen molar-refractivity contribution in [1.29, 1.82) is 0 Å². The smallest absolute Gasteiger partial charge is 0.338 e. The average molecular weight is 405 g/mol. The van der Waals surface area contributed by atoms with Crippen molar-refractivity contribution in [3.8, 4) is 11.5 Å². The van der Waals surface area contributed by atoms with Gasteiger partial charge in [-0.2, -0.15) is 0 Å². The number of hydrogen-bond acceptors (Lipinski definition) is 6. The third-order valence-electron chi connectivity index (χ3n) is 4.07. The summed E-state index contributed by atoms with van der Waals surface area (Å²) in [5.41, 5.74) is 1.16. The van der Waals surface area contributed by atoms with Gasteiger partial charge >= 0.3 is 5.97 Å². The Morgan fingerprint density at radius 2 is 1.93 bits per heavy atom. The lowest BCUT2D eigenvalue weighted by Gasteiger charge is -2.28. The average Bonchev–Trinajstić information content (AvgIpc) is 2.70. The van der Waals surface area contributed by atoms with Crippen LogP contribution in [0.3, 0.4) is 0 Å². The van der Waals surface area contributed by atoms with Crippen LogP contribution in [0.2, 0.25) is 5.02 Å². The van der Waals surface area contributed by atoms with E-state index in [1.807, 2.05) is 0 Å². The Hall–Kier alpha value is -3.26. The summed E-state index contributed by atoms with van der Waals surface area (Å²) < 4.78 is 15.4. The molecule has 146 valence electrons. The summed E-state index contributed by atoms with van der Waals surface area (Å²) in [6, 6.07) is 9.63. The van der Waals surface area contributed by atoms with E-state index >= 15 is 0 Å². The van der Waals surface area contributed by atoms with Crippen LogP contribution in [0.4, 0.5) is 11.4 Å². The maximum absolute atomic E-state index is 12.5. The lowest BCUT2D eigenvalue weighted by atomic mass is 10.2. The molecule has 2 aromatic carbocycles. The van der Waals surface area contributed by atoms with E-state index in [2.05, 4.69) is 5.32 Å². The van der Waals surface area contributed by atoms with Crippen molar-refractivity contribution in [1.82, 2.24) is 0 Å². The van der Waals surface area contributed by atoms with Crippen LogP contribution in [0.5, 0.6) is 11.5 Å². The summed E-state index contributed by atoms with van der Waals surface area (Å²) in [5, 5.41) is 2.85. The van der Waals surface area contributed by atoms with E-state index in [4.69, 9.17) is 25.8 Å². The van der Waals surface area contributed by atoms with Crippen molar-refractivity contribution in [3.05, 3.63) is 47.0 Å². The molecular formula is C19H17ClN2O6. The van der Waals surface area contributed by atoms with E-state index in [0.29, 0.717) is 11.4 Å². The quantitative estimate of drug-likeness (QED) is 0.769. The molecule has 0 bridgehead atoms. The Morgan fingerprint density at radius 3 is 2.64 bits per heavy atom. The van der Waals surface area contributed by atoms with Gasteiger partial charge in [0.05, 0.1) is 36.2 Å². The first-order chi connectivity index (χ1) is 13.4. The third-order valence-corrected chi connectivity index (χ3v) is 4.35. The Kier molecular flexibility index (Phi) is 5.70. The molecule has 28 heavy (non-hydrogen) atoms. The third kappa shape index (κ3) is 3.86. The van der Waals surface area contributed by atoms with Crippen molar-refractivity contribution in [2.75, 3.05) is 37.6 Å². The summed E-state index contributed by atoms with van der Waals surface area (Å²) in [6.45, 7) is -0.692. The van der Waals surface area contributed by atoms with Crippen LogP contribution in [-0.4, -0.2) is 45.2 Å². The highest BCUT2D eigenvalue weighted by atomic mass is 35.5. The van der Waals surface area contributed by atoms with Crippen LogP contribution in [0.1, 0.15) is 10.4 Å². The molecule has 1 aliphatic rings. The number of carbonyl (C=O) groups is 3. The molecule has 0 unspecified atom stereocenters. The van der Waals surface area contributed by atoms with Gasteiger partial charge < -0.3 is 19.5 Å². The van der Waals surface area contributed by atoms with Crippen molar-refractivity contribution in [3.63, 3.8) is 0 Å². The number of amides is 2. The molecule has 1 heterocycles. The first kappa shape index (κ1) is 19.5. The normalized spacial score (nSPS) is 12.7. The zero-order chi connectivity index (χ0) is 20.3. The predicted octanol–water partition coefficient (Wildman–Crippen LogP) is 2.50. The van der Waals surface area contributed by atoms with Gasteiger partial charge in [-0.1, -0.05) is 23.7 Å². The number of benzene rings is 2. The molecule has 1 N–H and O–H groups in total. The van der Waals surface area contributed by atoms with Gasteiger partial charge in [-0.3, -0.25) is 14.5 Å². The first-order valence-corrected chi connectivity index (χ1v) is 8.60. The molecule has 2 amide bonds. The van der Waals surface area contributed by atoms with Crippen LogP contribution in [0.15, 0.2) is 36.4 Å². The fraction of sp³-hybridized carbons (Fsp3) is 0.211. The zero-order valence-corrected chi connectivity index (χ0v) is 15.9. The van der Waals surface area contributed by atoms with Crippen LogP contribution >= 0.6 is 11.6 Å². The van der Waals surface area contributed by atoms with Crippen molar-refractivity contribution >= 4 is 40.8 Å². The number of hydrogen-bond donors (Lipinski definition) is 1. The number of para-hydroxylation sites is 2. The van der Waals surface area contributed by atoms with Gasteiger partial charge in [0.15, 0.2) is 18.1 Å². The highest BCUT2D eigenvalue weighted by Crippen LogP contribution is 2.36. The largest absolute Gasteiger partial charge is 0.493 e. The molecule has 2 aromatic rings. The van der Waals surface area contributed by atoms with Gasteiger partial charge in [-0.05, 0) is 24.3 Å². The summed E-state index contributed by atoms with van der Waals surface area (Å²) in [4.78, 5) is 37.9. The topological polar surface area (TPSA) is 94.2 Å². The number of anilines is 2. The van der Waals surface area contributed by atoms with E-state index in [1.165, 1.54) is 31.3 Å². The number of fused-ring (bicyclic) bond motifs is 1. The number of nitrogens with one attached hydrogen (secondary N) is 1. The summed E-state index contributed by atoms with van der Waals surface area (Å²) in [7, 11) is 2.83. The highest BCUT2D eigenvalue weighted by Gasteiger charge is 2.27. The van der Waals surface area contributed by atoms with E-state index in [0.717, 1.165) is 0 Å². The molecule has 0 aromatic heterocycles. The van der Waals surface area contributed by atoms with Gasteiger partial charge in [0.1, 0.15) is 6.54 Å². The second-order valence-corrected chi connectivity index (χ2v) is 6.22. The predicted molar refractivity (Wildman–Crippen MR) is 102 cm³/mol. The van der Waals surface area contributed by atoms with Crippen LogP contribution in [-0.2, 0) is 14.3 Å². The molecule has 0 aliphatic carbocycles. The Labute approximate surface area is 165 Å². The minimum absolute atomic E-state index is 0.104. The zero-order valence-electron chi connectivity index (χ0n) is 15.2. The van der Waals surface area contributed by atoms with Crippen LogP contribution in [0.25, 0.3) is 0 Å². The van der Waals surface area contributed by atoms with Crippen molar-refractivity contribution in [2.24, 2.45) is 0 Å². The lowest BCUT2D eigenvalue weighted by Crippen LogP contribution is -2.44. The summed E-state index contributed by atoms with van der Waals surface area (Å²) in [6.07, 6.45) is 0. The van der Waals surface area contributed by atoms with Gasteiger partial charge in [-0.15, -0.1) is 0 Å². The fourth-order valence-electron chi connectivity index (χ4n) is 2.78. The number of esters is 1. The second kappa shape index (κ2) is 8.18. The van der Waals surface area contributed by atoms with E-state index in [9.17, 15) is 14.4 Å². The molecular weight excluding hydrogens is 388 g/mol. The molecule has 1 aliphatic heterocycles. The first-order valence-electron chi connectivity index (χ1n) is 8.22. The molecule has 9 heteroatoms. The number of methoxy groups -OCH3 is 2. The summed E-state index contributed by atoms with van der Waals surface area (Å²) >= 11 is 6.08. The molecule has 0 radical (unpaired) electrons. The lowest BCUT2D eigenvalue weighted by molar-refractivity contribution is -0.124. The Balaban J connectivity index is 1.72. The monoisotopic (exact) mass is 404 g/mol. The minimum atomic E-state index is -0.758. The van der Waals surface area contributed by atoms with E-state index < -0.39 is 18.5 Å². The highest BCUT2D eigenvalue weighted by molar-refractivity contribution is 6.32. The van der Waals surface area contributed by atoms with Gasteiger partial charge in [0.25, 0.3) is 5.91 Å². The number of carbonyl (C=O) groups excluding carboxylic acids is 3. The van der Waals surface area contributed by atoms with Gasteiger partial charge in [0.2, 0.25) is 5.91 Å². The van der Waals surface area contributed by atoms with Gasteiger partial charge in [0, 0.05) is 0 Å². The van der Waals surface area contributed by atoms with Gasteiger partial charge in [-0.25, -0.2) is 4.79 Å². The molecule has 0 spiro atoms. The van der Waals surface area contributed by atoms with Crippen molar-refractivity contribution in [2.45, 2.75) is 0 Å². The number of rotatable bonds is 5. The number of nitrogens with zero attached hydrogens (tertiary/aromatic N) is 1. The van der Waals surface area contributed by atoms with Crippen LogP contribution < -0.4 is 19.7 Å². The number of halogens is 1. The molecule has 0 fully saturated rings. The maximum atomic E-state index is 12.5. The minimum Gasteiger partial charge on any atom is -0.493 e. The van der Waals surface area contributed by atoms with E-state index in [1.54, 1.807) is 24.3 Å². The number of ether oxygens (including phenoxy) is 3. The molecule has 0 saturated carbocycles. The molecule has 3 rings (SSSR count). The molecule has 8 nitrogen and oxygen atoms in total. The second-order valence-electron chi connectivity index (χ2n) is 5.81. The standard InChI is InChI=1S/C19H17ClN2O6/c1-26-15-8-11(7-12(20)18(15)27-2)19(25)28-10-17(24)22-9-16(23)21-13-5-3-4-6-14(13)22/h3-8H,9-10H2,1-2H3,(H,21,23).